The van der Waals surface area contributed by atoms with E-state index in [1.807, 2.05) is 32.0 Å². The Morgan fingerprint density at radius 3 is 2.47 bits per heavy atom. The highest BCUT2D eigenvalue weighted by Gasteiger charge is 2.21. The van der Waals surface area contributed by atoms with Crippen LogP contribution in [0.15, 0.2) is 78.0 Å². The molecule has 1 aromatic heterocycles. The van der Waals surface area contributed by atoms with Crippen LogP contribution in [-0.4, -0.2) is 30.9 Å². The Morgan fingerprint density at radius 2 is 1.72 bits per heavy atom. The molecule has 4 aromatic rings. The van der Waals surface area contributed by atoms with Gasteiger partial charge < -0.3 is 9.88 Å². The minimum Gasteiger partial charge on any atom is -0.324 e. The van der Waals surface area contributed by atoms with E-state index in [1.54, 1.807) is 47.3 Å². The Kier molecular flexibility index (Phi) is 5.71. The van der Waals surface area contributed by atoms with Crippen molar-refractivity contribution in [1.82, 2.24) is 9.55 Å². The van der Waals surface area contributed by atoms with Gasteiger partial charge in [-0.05, 0) is 67.4 Å². The summed E-state index contributed by atoms with van der Waals surface area (Å²) in [5.74, 6) is -0.270. The van der Waals surface area contributed by atoms with E-state index in [2.05, 4.69) is 10.3 Å². The molecule has 0 saturated carbocycles. The minimum atomic E-state index is -3.77. The number of amides is 1. The van der Waals surface area contributed by atoms with Crippen molar-refractivity contribution in [3.05, 3.63) is 84.2 Å². The third-order valence-corrected chi connectivity index (χ3v) is 7.23. The number of hydrogen-bond donors (Lipinski definition) is 1. The summed E-state index contributed by atoms with van der Waals surface area (Å²) in [6, 6.07) is 19.1. The van der Waals surface area contributed by atoms with Crippen LogP contribution in [0.2, 0.25) is 0 Å². The molecule has 3 aromatic carbocycles. The summed E-state index contributed by atoms with van der Waals surface area (Å²) in [5, 5.41) is 2.79. The van der Waals surface area contributed by atoms with Crippen molar-refractivity contribution < 1.29 is 13.2 Å². The van der Waals surface area contributed by atoms with Crippen molar-refractivity contribution >= 4 is 38.3 Å². The maximum atomic E-state index is 13.0. The summed E-state index contributed by atoms with van der Waals surface area (Å²) in [6.45, 7) is 4.11. The predicted molar refractivity (Wildman–Crippen MR) is 126 cm³/mol. The zero-order valence-electron chi connectivity index (χ0n) is 18.1. The molecule has 0 atom stereocenters. The van der Waals surface area contributed by atoms with Gasteiger partial charge in [-0.2, -0.15) is 0 Å². The highest BCUT2D eigenvalue weighted by Crippen LogP contribution is 2.24. The number of hydrogen-bond acceptors (Lipinski definition) is 4. The Balaban J connectivity index is 1.53. The third kappa shape index (κ3) is 4.22. The summed E-state index contributed by atoms with van der Waals surface area (Å²) >= 11 is 0. The molecule has 0 spiro atoms. The van der Waals surface area contributed by atoms with E-state index in [9.17, 15) is 13.2 Å². The van der Waals surface area contributed by atoms with Crippen LogP contribution in [0.4, 0.5) is 11.4 Å². The molecule has 32 heavy (non-hydrogen) atoms. The number of aromatic nitrogens is 2. The lowest BCUT2D eigenvalue weighted by Gasteiger charge is -2.20. The molecule has 1 heterocycles. The fraction of sp³-hybridized carbons (Fsp3) is 0.167. The number of benzene rings is 3. The molecule has 0 radical (unpaired) electrons. The van der Waals surface area contributed by atoms with Crippen molar-refractivity contribution in [2.45, 2.75) is 25.3 Å². The zero-order valence-corrected chi connectivity index (χ0v) is 18.9. The molecule has 0 unspecified atom stereocenters. The Bertz CT molecular complexity index is 1400. The molecule has 0 saturated heterocycles. The first-order valence-electron chi connectivity index (χ1n) is 10.1. The number of aryl methyl sites for hydroxylation is 2. The number of sulfonamides is 1. The Morgan fingerprint density at radius 1 is 1.00 bits per heavy atom. The first kappa shape index (κ1) is 21.6. The van der Waals surface area contributed by atoms with Gasteiger partial charge in [0, 0.05) is 12.7 Å². The lowest BCUT2D eigenvalue weighted by molar-refractivity contribution is -0.116. The van der Waals surface area contributed by atoms with E-state index in [0.717, 1.165) is 22.2 Å². The van der Waals surface area contributed by atoms with E-state index < -0.39 is 10.0 Å². The number of imidazole rings is 1. The lowest BCUT2D eigenvalue weighted by atomic mass is 10.1. The highest BCUT2D eigenvalue weighted by atomic mass is 32.2. The third-order valence-electron chi connectivity index (χ3n) is 5.45. The SMILES string of the molecule is Cc1cc2ncn(CC(=O)Nc3cccc(S(=O)(=O)N(C)c4ccccc4)c3)c2cc1C. The molecule has 0 aliphatic heterocycles. The number of fused-ring (bicyclic) bond motifs is 1. The summed E-state index contributed by atoms with van der Waals surface area (Å²) < 4.78 is 29.1. The van der Waals surface area contributed by atoms with E-state index in [1.165, 1.54) is 23.5 Å². The van der Waals surface area contributed by atoms with Crippen LogP contribution in [0.3, 0.4) is 0 Å². The van der Waals surface area contributed by atoms with E-state index in [0.29, 0.717) is 11.4 Å². The fourth-order valence-corrected chi connectivity index (χ4v) is 4.71. The summed E-state index contributed by atoms with van der Waals surface area (Å²) in [6.07, 6.45) is 1.64. The fourth-order valence-electron chi connectivity index (χ4n) is 3.46. The van der Waals surface area contributed by atoms with E-state index in [-0.39, 0.29) is 17.3 Å². The molecule has 7 nitrogen and oxygen atoms in total. The predicted octanol–water partition coefficient (Wildman–Crippen LogP) is 4.12. The molecule has 1 amide bonds. The maximum absolute atomic E-state index is 13.0. The molecule has 0 fully saturated rings. The normalized spacial score (nSPS) is 11.5. The number of carbonyl (C=O) groups is 1. The monoisotopic (exact) mass is 448 g/mol. The van der Waals surface area contributed by atoms with E-state index in [4.69, 9.17) is 0 Å². The van der Waals surface area contributed by atoms with Gasteiger partial charge in [-0.3, -0.25) is 9.10 Å². The van der Waals surface area contributed by atoms with Crippen LogP contribution in [0, 0.1) is 13.8 Å². The summed E-state index contributed by atoms with van der Waals surface area (Å²) in [7, 11) is -2.27. The van der Waals surface area contributed by atoms with E-state index >= 15 is 0 Å². The quantitative estimate of drug-likeness (QED) is 0.481. The molecule has 8 heteroatoms. The number of carbonyl (C=O) groups excluding carboxylic acids is 1. The van der Waals surface area contributed by atoms with Gasteiger partial charge in [0.2, 0.25) is 5.91 Å². The molecular formula is C24H24N4O3S. The molecule has 164 valence electrons. The topological polar surface area (TPSA) is 84.3 Å². The number of nitrogens with zero attached hydrogens (tertiary/aromatic N) is 3. The van der Waals surface area contributed by atoms with Crippen molar-refractivity contribution in [2.75, 3.05) is 16.7 Å². The Hall–Kier alpha value is -3.65. The molecular weight excluding hydrogens is 424 g/mol. The van der Waals surface area contributed by atoms with Crippen molar-refractivity contribution in [3.63, 3.8) is 0 Å². The second-order valence-electron chi connectivity index (χ2n) is 7.68. The van der Waals surface area contributed by atoms with Crippen LogP contribution >= 0.6 is 0 Å². The molecule has 0 aliphatic carbocycles. The lowest BCUT2D eigenvalue weighted by Crippen LogP contribution is -2.26. The molecule has 0 bridgehead atoms. The Labute approximate surface area is 187 Å². The molecule has 4 rings (SSSR count). The first-order chi connectivity index (χ1) is 15.3. The van der Waals surface area contributed by atoms with Gasteiger partial charge >= 0.3 is 0 Å². The van der Waals surface area contributed by atoms with Crippen molar-refractivity contribution in [1.29, 1.82) is 0 Å². The number of nitrogens with one attached hydrogen (secondary N) is 1. The minimum absolute atomic E-state index is 0.0693. The van der Waals surface area contributed by atoms with Gasteiger partial charge in [0.1, 0.15) is 6.54 Å². The van der Waals surface area contributed by atoms with Crippen LogP contribution in [0.5, 0.6) is 0 Å². The molecule has 0 aliphatic rings. The zero-order chi connectivity index (χ0) is 22.9. The average Bonchev–Trinajstić information content (AvgIpc) is 3.15. The van der Waals surface area contributed by atoms with Crippen molar-refractivity contribution in [2.24, 2.45) is 0 Å². The standard InChI is InChI=1S/C24H24N4O3S/c1-17-12-22-23(13-18(17)2)28(16-25-22)15-24(29)26-19-8-7-11-21(14-19)32(30,31)27(3)20-9-5-4-6-10-20/h4-14,16H,15H2,1-3H3,(H,26,29). The smallest absolute Gasteiger partial charge is 0.264 e. The molecule has 1 N–H and O–H groups in total. The van der Waals surface area contributed by atoms with Gasteiger partial charge in [-0.25, -0.2) is 13.4 Å². The highest BCUT2D eigenvalue weighted by molar-refractivity contribution is 7.92. The second kappa shape index (κ2) is 8.47. The number of para-hydroxylation sites is 1. The van der Waals surface area contributed by atoms with Gasteiger partial charge in [-0.1, -0.05) is 24.3 Å². The summed E-state index contributed by atoms with van der Waals surface area (Å²) in [5.41, 5.74) is 4.95. The maximum Gasteiger partial charge on any atom is 0.264 e. The average molecular weight is 449 g/mol. The summed E-state index contributed by atoms with van der Waals surface area (Å²) in [4.78, 5) is 17.1. The number of rotatable bonds is 6. The van der Waals surface area contributed by atoms with Crippen LogP contribution in [0.1, 0.15) is 11.1 Å². The second-order valence-corrected chi connectivity index (χ2v) is 9.65. The van der Waals surface area contributed by atoms with Gasteiger partial charge in [0.15, 0.2) is 0 Å². The largest absolute Gasteiger partial charge is 0.324 e. The van der Waals surface area contributed by atoms with Gasteiger partial charge in [0.05, 0.1) is 27.9 Å². The van der Waals surface area contributed by atoms with Crippen molar-refractivity contribution in [3.8, 4) is 0 Å². The van der Waals surface area contributed by atoms with Crippen LogP contribution in [0.25, 0.3) is 11.0 Å². The van der Waals surface area contributed by atoms with Gasteiger partial charge in [0.25, 0.3) is 10.0 Å². The van der Waals surface area contributed by atoms with Gasteiger partial charge in [-0.15, -0.1) is 0 Å². The number of anilines is 2. The first-order valence-corrected chi connectivity index (χ1v) is 11.6. The van der Waals surface area contributed by atoms with Crippen LogP contribution in [-0.2, 0) is 21.4 Å². The van der Waals surface area contributed by atoms with Crippen LogP contribution < -0.4 is 9.62 Å².